The van der Waals surface area contributed by atoms with Gasteiger partial charge in [-0.25, -0.2) is 0 Å². The van der Waals surface area contributed by atoms with Crippen LogP contribution in [-0.4, -0.2) is 56.6 Å². The summed E-state index contributed by atoms with van der Waals surface area (Å²) in [6.45, 7) is 12.4. The fourth-order valence-electron chi connectivity index (χ4n) is 7.38. The summed E-state index contributed by atoms with van der Waals surface area (Å²) >= 11 is 0. The molecule has 0 N–H and O–H groups in total. The molecule has 8 nitrogen and oxygen atoms in total. The van der Waals surface area contributed by atoms with Crippen molar-refractivity contribution in [3.8, 4) is 5.75 Å². The molecule has 2 fully saturated rings. The molecule has 8 heteroatoms. The first kappa shape index (κ1) is 30.4. The van der Waals surface area contributed by atoms with Gasteiger partial charge in [0, 0.05) is 37.6 Å². The van der Waals surface area contributed by atoms with Crippen molar-refractivity contribution >= 4 is 34.2 Å². The molecule has 1 saturated heterocycles. The van der Waals surface area contributed by atoms with Crippen LogP contribution in [0.15, 0.2) is 12.1 Å². The minimum atomic E-state index is -0.462. The first-order chi connectivity index (χ1) is 19.8. The van der Waals surface area contributed by atoms with Crippen LogP contribution in [0.2, 0.25) is 0 Å². The van der Waals surface area contributed by atoms with Gasteiger partial charge < -0.3 is 9.64 Å². The Morgan fingerprint density at radius 1 is 1.10 bits per heavy atom. The fourth-order valence-corrected chi connectivity index (χ4v) is 7.38. The van der Waals surface area contributed by atoms with Crippen LogP contribution in [0.3, 0.4) is 0 Å². The zero-order chi connectivity index (χ0) is 30.4. The van der Waals surface area contributed by atoms with Gasteiger partial charge in [-0.2, -0.15) is 5.10 Å². The van der Waals surface area contributed by atoms with Crippen LogP contribution in [0.4, 0.5) is 0 Å². The quantitative estimate of drug-likeness (QED) is 0.385. The number of hydrogen-bond acceptors (Lipinski definition) is 6. The summed E-state index contributed by atoms with van der Waals surface area (Å²) in [5.41, 5.74) is 1.89. The van der Waals surface area contributed by atoms with Gasteiger partial charge in [0.1, 0.15) is 23.8 Å². The maximum atomic E-state index is 14.0. The van der Waals surface area contributed by atoms with Crippen molar-refractivity contribution in [2.24, 2.45) is 16.7 Å². The van der Waals surface area contributed by atoms with Gasteiger partial charge in [0.25, 0.3) is 0 Å². The molecule has 3 aliphatic rings. The van der Waals surface area contributed by atoms with E-state index < -0.39 is 6.04 Å². The Morgan fingerprint density at radius 2 is 1.86 bits per heavy atom. The lowest BCUT2D eigenvalue weighted by molar-refractivity contribution is -0.139. The number of nitrogens with zero attached hydrogens (tertiary/aromatic N) is 3. The van der Waals surface area contributed by atoms with Crippen molar-refractivity contribution in [2.75, 3.05) is 6.61 Å². The Balaban J connectivity index is 1.58. The first-order valence-corrected chi connectivity index (χ1v) is 15.9. The second-order valence-corrected chi connectivity index (χ2v) is 14.3. The van der Waals surface area contributed by atoms with Crippen LogP contribution in [0.5, 0.6) is 5.75 Å². The summed E-state index contributed by atoms with van der Waals surface area (Å²) in [6.07, 6.45) is 7.16. The molecule has 1 aromatic heterocycles. The van der Waals surface area contributed by atoms with E-state index in [1.807, 2.05) is 19.1 Å². The van der Waals surface area contributed by atoms with Gasteiger partial charge in [-0.1, -0.05) is 41.0 Å². The van der Waals surface area contributed by atoms with Gasteiger partial charge in [-0.05, 0) is 73.0 Å². The number of hydrogen-bond donors (Lipinski definition) is 0. The molecular formula is C34H47N3O5. The molecule has 1 aromatic carbocycles. The number of Topliss-reactive ketones (excluding diaryl/α,β-unsaturated/α-hetero) is 3. The Morgan fingerprint density at radius 3 is 2.55 bits per heavy atom. The number of ketones is 3. The van der Waals surface area contributed by atoms with Gasteiger partial charge in [-0.3, -0.25) is 23.9 Å². The standard InChI is InChI=1S/C34H47N3O5/c1-7-28(40)27-17-34-13-11-24(39)16-33(5,6)12-9-8-10-23-14-25(42-20-21(2)3)15-26-31(22(4)38)35-36(32(23)26)19-30(41)37(27)29(34)18-34/h14-15,21,27,29H,7-13,16-20H2,1-6H3/t27-,29+,34-/m0/s1. The van der Waals surface area contributed by atoms with Crippen LogP contribution in [0.1, 0.15) is 115 Å². The highest BCUT2D eigenvalue weighted by Crippen LogP contribution is 2.62. The first-order valence-electron chi connectivity index (χ1n) is 15.9. The summed E-state index contributed by atoms with van der Waals surface area (Å²) in [4.78, 5) is 54.8. The molecule has 228 valence electrons. The van der Waals surface area contributed by atoms with Crippen molar-refractivity contribution in [1.82, 2.24) is 14.7 Å². The lowest BCUT2D eigenvalue weighted by atomic mass is 9.80. The number of carbonyl (C=O) groups excluding carboxylic acids is 4. The van der Waals surface area contributed by atoms with Crippen molar-refractivity contribution in [3.63, 3.8) is 0 Å². The Bertz CT molecular complexity index is 1410. The molecular weight excluding hydrogens is 530 g/mol. The summed E-state index contributed by atoms with van der Waals surface area (Å²) in [5, 5.41) is 5.41. The van der Waals surface area contributed by atoms with Gasteiger partial charge >= 0.3 is 0 Å². The minimum absolute atomic E-state index is 0.0217. The number of carbonyl (C=O) groups is 4. The zero-order valence-corrected chi connectivity index (χ0v) is 26.3. The Labute approximate surface area is 249 Å². The SMILES string of the molecule is CCC(=O)[C@@H]1C[C@]23CCC(=O)CC(C)(C)CCCCc4cc(OCC(C)C)cc5c(C(C)=O)nn(c45)CC(=O)N1[C@@H]2C3. The van der Waals surface area contributed by atoms with Crippen LogP contribution in [0, 0.1) is 16.7 Å². The van der Waals surface area contributed by atoms with Crippen molar-refractivity contribution in [1.29, 1.82) is 0 Å². The predicted octanol–water partition coefficient (Wildman–Crippen LogP) is 6.10. The van der Waals surface area contributed by atoms with E-state index in [-0.39, 0.29) is 46.7 Å². The van der Waals surface area contributed by atoms with E-state index in [4.69, 9.17) is 9.84 Å². The van der Waals surface area contributed by atoms with Gasteiger partial charge in [0.2, 0.25) is 5.91 Å². The number of aryl methyl sites for hydroxylation is 1. The van der Waals surface area contributed by atoms with Gasteiger partial charge in [-0.15, -0.1) is 0 Å². The number of amides is 1. The van der Waals surface area contributed by atoms with E-state index in [1.165, 1.54) is 6.92 Å². The van der Waals surface area contributed by atoms with Crippen LogP contribution in [-0.2, 0) is 27.3 Å². The minimum Gasteiger partial charge on any atom is -0.493 e. The third-order valence-corrected chi connectivity index (χ3v) is 9.65. The van der Waals surface area contributed by atoms with Crippen LogP contribution >= 0.6 is 0 Å². The molecule has 1 amide bonds. The van der Waals surface area contributed by atoms with Crippen molar-refractivity contribution in [2.45, 2.75) is 124 Å². The van der Waals surface area contributed by atoms with Gasteiger partial charge in [0.15, 0.2) is 11.6 Å². The molecule has 0 spiro atoms. The lowest BCUT2D eigenvalue weighted by Crippen LogP contribution is -2.44. The largest absolute Gasteiger partial charge is 0.493 e. The molecule has 3 heterocycles. The van der Waals surface area contributed by atoms with E-state index in [0.717, 1.165) is 49.6 Å². The smallest absolute Gasteiger partial charge is 0.245 e. The topological polar surface area (TPSA) is 98.6 Å². The second kappa shape index (κ2) is 11.6. The molecule has 2 aromatic rings. The molecule has 1 aliphatic carbocycles. The molecule has 2 bridgehead atoms. The third-order valence-electron chi connectivity index (χ3n) is 9.65. The van der Waals surface area contributed by atoms with E-state index >= 15 is 0 Å². The van der Waals surface area contributed by atoms with E-state index in [2.05, 4.69) is 27.7 Å². The van der Waals surface area contributed by atoms with Crippen molar-refractivity contribution < 1.29 is 23.9 Å². The molecule has 2 aliphatic heterocycles. The Kier molecular flexibility index (Phi) is 8.38. The number of piperidine rings is 1. The van der Waals surface area contributed by atoms with Crippen LogP contribution in [0.25, 0.3) is 10.9 Å². The maximum Gasteiger partial charge on any atom is 0.245 e. The molecule has 0 unspecified atom stereocenters. The van der Waals surface area contributed by atoms with Gasteiger partial charge in [0.05, 0.1) is 18.2 Å². The number of rotatable bonds is 6. The summed E-state index contributed by atoms with van der Waals surface area (Å²) in [5.74, 6) is 1.09. The Hall–Kier alpha value is -3.03. The number of aromatic nitrogens is 2. The highest BCUT2D eigenvalue weighted by molar-refractivity contribution is 6.06. The average molecular weight is 578 g/mol. The molecule has 0 radical (unpaired) electrons. The highest BCUT2D eigenvalue weighted by atomic mass is 16.5. The number of benzene rings is 1. The summed E-state index contributed by atoms with van der Waals surface area (Å²) < 4.78 is 7.81. The van der Waals surface area contributed by atoms with Crippen LogP contribution < -0.4 is 4.74 Å². The average Bonchev–Trinajstić information content (AvgIpc) is 3.33. The second-order valence-electron chi connectivity index (χ2n) is 14.3. The highest BCUT2D eigenvalue weighted by Gasteiger charge is 2.66. The van der Waals surface area contributed by atoms with E-state index in [9.17, 15) is 19.2 Å². The number of ether oxygens (including phenoxy) is 1. The monoisotopic (exact) mass is 577 g/mol. The van der Waals surface area contributed by atoms with Crippen molar-refractivity contribution in [3.05, 3.63) is 23.4 Å². The fraction of sp³-hybridized carbons (Fsp3) is 0.676. The zero-order valence-electron chi connectivity index (χ0n) is 26.3. The predicted molar refractivity (Wildman–Crippen MR) is 162 cm³/mol. The lowest BCUT2D eigenvalue weighted by Gasteiger charge is -2.27. The molecule has 42 heavy (non-hydrogen) atoms. The normalized spacial score (nSPS) is 26.3. The maximum absolute atomic E-state index is 14.0. The van der Waals surface area contributed by atoms with E-state index in [0.29, 0.717) is 55.0 Å². The van der Waals surface area contributed by atoms with E-state index in [1.54, 1.807) is 9.58 Å². The summed E-state index contributed by atoms with van der Waals surface area (Å²) in [6, 6.07) is 3.43. The summed E-state index contributed by atoms with van der Waals surface area (Å²) in [7, 11) is 0. The molecule has 1 saturated carbocycles. The molecule has 3 atom stereocenters. The molecule has 5 rings (SSSR count). The third kappa shape index (κ3) is 6.04.